The average Bonchev–Trinajstić information content (AvgIpc) is 2.55. The van der Waals surface area contributed by atoms with Gasteiger partial charge in [0.15, 0.2) is 0 Å². The van der Waals surface area contributed by atoms with Gasteiger partial charge in [-0.05, 0) is 12.1 Å². The zero-order valence-electron chi connectivity index (χ0n) is 12.0. The van der Waals surface area contributed by atoms with E-state index in [1.807, 2.05) is 4.98 Å². The van der Waals surface area contributed by atoms with Crippen molar-refractivity contribution >= 4 is 12.1 Å². The maximum atomic E-state index is 11.8. The van der Waals surface area contributed by atoms with Crippen LogP contribution >= 0.6 is 0 Å². The number of aromatic nitrogens is 2. The number of carbonyl (C=O) groups is 1. The molecule has 0 fully saturated rings. The number of allylic oxidation sites excluding steroid dienone is 1. The number of carbonyl (C=O) groups excluding carboxylic acids is 1. The van der Waals surface area contributed by atoms with Gasteiger partial charge in [0.1, 0.15) is 5.56 Å². The van der Waals surface area contributed by atoms with Crippen LogP contribution in [0.4, 0.5) is 0 Å². The van der Waals surface area contributed by atoms with Crippen LogP contribution in [0.3, 0.4) is 0 Å². The summed E-state index contributed by atoms with van der Waals surface area (Å²) in [4.78, 5) is 37.1. The van der Waals surface area contributed by atoms with Gasteiger partial charge in [0.2, 0.25) is 5.88 Å². The Labute approximate surface area is 130 Å². The Bertz CT molecular complexity index is 865. The lowest BCUT2D eigenvalue weighted by molar-refractivity contribution is 0.0955. The van der Waals surface area contributed by atoms with Gasteiger partial charge in [0.25, 0.3) is 11.5 Å². The van der Waals surface area contributed by atoms with Crippen LogP contribution < -0.4 is 16.7 Å². The fraction of sp³-hybridized carbons (Fsp3) is 0.0667. The molecule has 23 heavy (non-hydrogen) atoms. The van der Waals surface area contributed by atoms with Gasteiger partial charge in [-0.1, -0.05) is 24.3 Å². The quantitative estimate of drug-likeness (QED) is 0.415. The largest absolute Gasteiger partial charge is 0.494 e. The number of benzene rings is 1. The number of aromatic amines is 1. The Morgan fingerprint density at radius 2 is 2.04 bits per heavy atom. The minimum absolute atomic E-state index is 0.0126. The van der Waals surface area contributed by atoms with E-state index in [0.29, 0.717) is 5.56 Å². The average molecular weight is 314 g/mol. The molecule has 1 aromatic carbocycles. The fourth-order valence-electron chi connectivity index (χ4n) is 1.80. The molecule has 0 bridgehead atoms. The third-order valence-corrected chi connectivity index (χ3v) is 2.91. The van der Waals surface area contributed by atoms with Gasteiger partial charge >= 0.3 is 5.69 Å². The maximum Gasteiger partial charge on any atom is 0.331 e. The summed E-state index contributed by atoms with van der Waals surface area (Å²) in [6.45, 7) is 3.47. The van der Waals surface area contributed by atoms with E-state index >= 15 is 0 Å². The van der Waals surface area contributed by atoms with E-state index in [1.54, 1.807) is 30.3 Å². The molecule has 8 nitrogen and oxygen atoms in total. The Morgan fingerprint density at radius 1 is 1.35 bits per heavy atom. The predicted octanol–water partition coefficient (Wildman–Crippen LogP) is 0.192. The third kappa shape index (κ3) is 3.62. The van der Waals surface area contributed by atoms with Gasteiger partial charge < -0.3 is 5.11 Å². The lowest BCUT2D eigenvalue weighted by atomic mass is 10.2. The molecule has 118 valence electrons. The van der Waals surface area contributed by atoms with Crippen molar-refractivity contribution < 1.29 is 9.90 Å². The Balaban J connectivity index is 2.25. The summed E-state index contributed by atoms with van der Waals surface area (Å²) in [5, 5.41) is 13.6. The molecule has 8 heteroatoms. The second-order valence-electron chi connectivity index (χ2n) is 4.46. The second kappa shape index (κ2) is 7.03. The van der Waals surface area contributed by atoms with Crippen LogP contribution in [0.25, 0.3) is 0 Å². The fourth-order valence-corrected chi connectivity index (χ4v) is 1.80. The summed E-state index contributed by atoms with van der Waals surface area (Å²) in [5.41, 5.74) is 0.785. The molecule has 1 aromatic heterocycles. The van der Waals surface area contributed by atoms with Gasteiger partial charge in [0.05, 0.1) is 6.21 Å². The molecule has 0 aliphatic heterocycles. The highest BCUT2D eigenvalue weighted by molar-refractivity contribution is 5.94. The molecule has 2 rings (SSSR count). The van der Waals surface area contributed by atoms with Gasteiger partial charge in [-0.2, -0.15) is 5.10 Å². The zero-order chi connectivity index (χ0) is 16.8. The van der Waals surface area contributed by atoms with E-state index in [1.165, 1.54) is 6.08 Å². The number of hydrogen-bond donors (Lipinski definition) is 3. The molecule has 0 aliphatic carbocycles. The van der Waals surface area contributed by atoms with Crippen LogP contribution in [0.5, 0.6) is 5.88 Å². The van der Waals surface area contributed by atoms with Crippen LogP contribution in [0.2, 0.25) is 0 Å². The molecular weight excluding hydrogens is 300 g/mol. The number of nitrogens with zero attached hydrogens (tertiary/aromatic N) is 2. The molecule has 0 atom stereocenters. The lowest BCUT2D eigenvalue weighted by Crippen LogP contribution is -2.32. The summed E-state index contributed by atoms with van der Waals surface area (Å²) in [6.07, 6.45) is 2.35. The van der Waals surface area contributed by atoms with Crippen molar-refractivity contribution in [3.05, 3.63) is 75.0 Å². The Morgan fingerprint density at radius 3 is 2.70 bits per heavy atom. The summed E-state index contributed by atoms with van der Waals surface area (Å²) >= 11 is 0. The summed E-state index contributed by atoms with van der Waals surface area (Å²) in [5.74, 6) is -1.03. The number of amides is 1. The monoisotopic (exact) mass is 314 g/mol. The van der Waals surface area contributed by atoms with Gasteiger partial charge in [-0.15, -0.1) is 6.58 Å². The zero-order valence-corrected chi connectivity index (χ0v) is 12.0. The van der Waals surface area contributed by atoms with Gasteiger partial charge in [-0.3, -0.25) is 19.1 Å². The molecule has 0 aliphatic rings. The Hall–Kier alpha value is -3.42. The minimum Gasteiger partial charge on any atom is -0.494 e. The highest BCUT2D eigenvalue weighted by Crippen LogP contribution is 2.07. The van der Waals surface area contributed by atoms with Crippen LogP contribution in [-0.2, 0) is 6.54 Å². The summed E-state index contributed by atoms with van der Waals surface area (Å²) in [6, 6.07) is 8.35. The molecule has 0 radical (unpaired) electrons. The molecule has 0 saturated heterocycles. The van der Waals surface area contributed by atoms with E-state index in [2.05, 4.69) is 17.1 Å². The van der Waals surface area contributed by atoms with E-state index in [9.17, 15) is 19.5 Å². The highest BCUT2D eigenvalue weighted by atomic mass is 16.3. The molecule has 1 amide bonds. The van der Waals surface area contributed by atoms with E-state index in [0.717, 1.165) is 10.8 Å². The third-order valence-electron chi connectivity index (χ3n) is 2.91. The number of hydrazone groups is 1. The number of aromatic hydroxyl groups is 1. The smallest absolute Gasteiger partial charge is 0.331 e. The van der Waals surface area contributed by atoms with Crippen molar-refractivity contribution in [2.24, 2.45) is 5.10 Å². The number of rotatable bonds is 5. The maximum absolute atomic E-state index is 11.8. The van der Waals surface area contributed by atoms with Gasteiger partial charge in [-0.25, -0.2) is 10.2 Å². The summed E-state index contributed by atoms with van der Waals surface area (Å²) < 4.78 is 0.911. The Kier molecular flexibility index (Phi) is 4.88. The first-order valence-corrected chi connectivity index (χ1v) is 6.60. The normalized spacial score (nSPS) is 10.6. The van der Waals surface area contributed by atoms with Crippen molar-refractivity contribution in [1.82, 2.24) is 15.0 Å². The second-order valence-corrected chi connectivity index (χ2v) is 4.46. The highest BCUT2D eigenvalue weighted by Gasteiger charge is 2.11. The van der Waals surface area contributed by atoms with E-state index in [-0.39, 0.29) is 12.1 Å². The SMILES string of the molecule is C=CCn1c(O)c(C=NNC(=O)c2ccccc2)c(=O)[nH]c1=O. The first kappa shape index (κ1) is 16.0. The molecule has 3 N–H and O–H groups in total. The van der Waals surface area contributed by atoms with Crippen LogP contribution in [0, 0.1) is 0 Å². The van der Waals surface area contributed by atoms with Crippen molar-refractivity contribution in [2.45, 2.75) is 6.54 Å². The number of nitrogens with one attached hydrogen (secondary N) is 2. The van der Waals surface area contributed by atoms with Crippen LogP contribution in [0.15, 0.2) is 57.7 Å². The summed E-state index contributed by atoms with van der Waals surface area (Å²) in [7, 11) is 0. The van der Waals surface area contributed by atoms with Crippen molar-refractivity contribution in [3.8, 4) is 5.88 Å². The lowest BCUT2D eigenvalue weighted by Gasteiger charge is -2.06. The number of H-pyrrole nitrogens is 1. The van der Waals surface area contributed by atoms with Crippen LogP contribution in [0.1, 0.15) is 15.9 Å². The van der Waals surface area contributed by atoms with Gasteiger partial charge in [0, 0.05) is 12.1 Å². The molecule has 0 unspecified atom stereocenters. The van der Waals surface area contributed by atoms with Crippen molar-refractivity contribution in [2.75, 3.05) is 0 Å². The van der Waals surface area contributed by atoms with E-state index < -0.39 is 23.0 Å². The molecule has 1 heterocycles. The minimum atomic E-state index is -0.814. The molecule has 2 aromatic rings. The first-order valence-electron chi connectivity index (χ1n) is 6.60. The van der Waals surface area contributed by atoms with Crippen molar-refractivity contribution in [1.29, 1.82) is 0 Å². The predicted molar refractivity (Wildman–Crippen MR) is 84.7 cm³/mol. The topological polar surface area (TPSA) is 117 Å². The number of hydrogen-bond acceptors (Lipinski definition) is 5. The molecule has 0 saturated carbocycles. The van der Waals surface area contributed by atoms with E-state index in [4.69, 9.17) is 0 Å². The van der Waals surface area contributed by atoms with Crippen molar-refractivity contribution in [3.63, 3.8) is 0 Å². The molecular formula is C15H14N4O4. The van der Waals surface area contributed by atoms with Crippen LogP contribution in [-0.4, -0.2) is 26.8 Å². The first-order chi connectivity index (χ1) is 11.0. The molecule has 0 spiro atoms. The standard InChI is InChI=1S/C15H14N4O4/c1-2-8-19-14(22)11(13(21)17-15(19)23)9-16-18-12(20)10-6-4-3-5-7-10/h2-7,9,22H,1,8H2,(H,18,20)(H,17,21,23).